The van der Waals surface area contributed by atoms with E-state index >= 15 is 0 Å². The fourth-order valence-electron chi connectivity index (χ4n) is 2.95. The van der Waals surface area contributed by atoms with E-state index in [0.29, 0.717) is 21.5 Å². The van der Waals surface area contributed by atoms with Gasteiger partial charge in [0, 0.05) is 27.2 Å². The molecule has 29 heavy (non-hydrogen) atoms. The van der Waals surface area contributed by atoms with Gasteiger partial charge in [0.2, 0.25) is 0 Å². The first-order chi connectivity index (χ1) is 14.0. The van der Waals surface area contributed by atoms with Gasteiger partial charge in [-0.25, -0.2) is 4.68 Å². The van der Waals surface area contributed by atoms with Crippen molar-refractivity contribution < 1.29 is 4.79 Å². The van der Waals surface area contributed by atoms with Crippen LogP contribution in [-0.2, 0) is 7.05 Å². The summed E-state index contributed by atoms with van der Waals surface area (Å²) in [6.07, 6.45) is 0. The molecule has 0 atom stereocenters. The molecular formula is C22H16ClN3O2S. The van der Waals surface area contributed by atoms with Crippen LogP contribution < -0.4 is 10.9 Å². The molecule has 0 bridgehead atoms. The SMILES string of the molecule is Cn1nc(C(=O)Nc2cc(Cl)ccc2Sc2ccccc2)c2ccccc2c1=O. The summed E-state index contributed by atoms with van der Waals surface area (Å²) in [5.41, 5.74) is 0.509. The van der Waals surface area contributed by atoms with E-state index in [2.05, 4.69) is 10.4 Å². The molecule has 0 saturated heterocycles. The highest BCUT2D eigenvalue weighted by molar-refractivity contribution is 7.99. The lowest BCUT2D eigenvalue weighted by Gasteiger charge is -2.13. The van der Waals surface area contributed by atoms with Crippen molar-refractivity contribution in [2.75, 3.05) is 5.32 Å². The van der Waals surface area contributed by atoms with E-state index < -0.39 is 5.91 Å². The molecule has 4 rings (SSSR count). The molecule has 1 heterocycles. The largest absolute Gasteiger partial charge is 0.319 e. The molecule has 0 aliphatic carbocycles. The first kappa shape index (κ1) is 19.2. The van der Waals surface area contributed by atoms with Crippen LogP contribution in [0.5, 0.6) is 0 Å². The molecular weight excluding hydrogens is 406 g/mol. The highest BCUT2D eigenvalue weighted by Gasteiger charge is 2.17. The number of nitrogens with zero attached hydrogens (tertiary/aromatic N) is 2. The normalized spacial score (nSPS) is 10.8. The van der Waals surface area contributed by atoms with Gasteiger partial charge in [-0.05, 0) is 36.4 Å². The van der Waals surface area contributed by atoms with Crippen molar-refractivity contribution in [1.29, 1.82) is 0 Å². The smallest absolute Gasteiger partial charge is 0.276 e. The standard InChI is InChI=1S/C22H16ClN3O2S/c1-26-22(28)17-10-6-5-9-16(17)20(25-26)21(27)24-18-13-14(23)11-12-19(18)29-15-7-3-2-4-8-15/h2-13H,1H3,(H,24,27). The summed E-state index contributed by atoms with van der Waals surface area (Å²) >= 11 is 7.69. The summed E-state index contributed by atoms with van der Waals surface area (Å²) in [6.45, 7) is 0. The predicted octanol–water partition coefficient (Wildman–Crippen LogP) is 4.99. The molecule has 7 heteroatoms. The number of aryl methyl sites for hydroxylation is 1. The molecule has 0 aliphatic rings. The number of hydrogen-bond donors (Lipinski definition) is 1. The van der Waals surface area contributed by atoms with Gasteiger partial charge in [0.25, 0.3) is 11.5 Å². The zero-order valence-corrected chi connectivity index (χ0v) is 17.0. The Kier molecular flexibility index (Phi) is 5.38. The molecule has 0 radical (unpaired) electrons. The number of hydrogen-bond acceptors (Lipinski definition) is 4. The lowest BCUT2D eigenvalue weighted by Crippen LogP contribution is -2.25. The van der Waals surface area contributed by atoms with Gasteiger partial charge in [-0.3, -0.25) is 9.59 Å². The zero-order chi connectivity index (χ0) is 20.4. The lowest BCUT2D eigenvalue weighted by atomic mass is 10.1. The van der Waals surface area contributed by atoms with Gasteiger partial charge in [-0.15, -0.1) is 0 Å². The number of anilines is 1. The molecule has 0 spiro atoms. The molecule has 144 valence electrons. The maximum Gasteiger partial charge on any atom is 0.276 e. The highest BCUT2D eigenvalue weighted by atomic mass is 35.5. The molecule has 0 unspecified atom stereocenters. The number of carbonyl (C=O) groups excluding carboxylic acids is 1. The van der Waals surface area contributed by atoms with E-state index in [0.717, 1.165) is 9.79 Å². The van der Waals surface area contributed by atoms with Crippen LogP contribution in [0.4, 0.5) is 5.69 Å². The van der Waals surface area contributed by atoms with Gasteiger partial charge < -0.3 is 5.32 Å². The Morgan fingerprint density at radius 2 is 1.69 bits per heavy atom. The quantitative estimate of drug-likeness (QED) is 0.504. The average molecular weight is 422 g/mol. The Hall–Kier alpha value is -3.09. The number of amides is 1. The highest BCUT2D eigenvalue weighted by Crippen LogP contribution is 2.35. The third kappa shape index (κ3) is 4.04. The number of fused-ring (bicyclic) bond motifs is 1. The summed E-state index contributed by atoms with van der Waals surface area (Å²) in [5, 5.41) is 8.55. The Labute approximate surface area is 176 Å². The van der Waals surface area contributed by atoms with Crippen LogP contribution in [-0.4, -0.2) is 15.7 Å². The Balaban J connectivity index is 1.73. The lowest BCUT2D eigenvalue weighted by molar-refractivity contribution is 0.102. The van der Waals surface area contributed by atoms with Crippen molar-refractivity contribution in [3.05, 3.63) is 93.9 Å². The van der Waals surface area contributed by atoms with Crippen LogP contribution in [0.25, 0.3) is 10.8 Å². The third-order valence-corrected chi connectivity index (χ3v) is 5.65. The second kappa shape index (κ2) is 8.11. The second-order valence-electron chi connectivity index (χ2n) is 6.33. The maximum atomic E-state index is 13.1. The number of benzene rings is 3. The fourth-order valence-corrected chi connectivity index (χ4v) is 4.03. The molecule has 0 fully saturated rings. The van der Waals surface area contributed by atoms with Crippen LogP contribution in [0.3, 0.4) is 0 Å². The zero-order valence-electron chi connectivity index (χ0n) is 15.4. The van der Waals surface area contributed by atoms with E-state index in [1.165, 1.54) is 23.5 Å². The number of aromatic nitrogens is 2. The van der Waals surface area contributed by atoms with Gasteiger partial charge in [-0.2, -0.15) is 5.10 Å². The minimum Gasteiger partial charge on any atom is -0.319 e. The van der Waals surface area contributed by atoms with Crippen molar-refractivity contribution in [3.8, 4) is 0 Å². The van der Waals surface area contributed by atoms with Gasteiger partial charge in [0.05, 0.1) is 11.1 Å². The summed E-state index contributed by atoms with van der Waals surface area (Å²) in [6, 6.07) is 22.1. The van der Waals surface area contributed by atoms with Crippen molar-refractivity contribution in [3.63, 3.8) is 0 Å². The second-order valence-corrected chi connectivity index (χ2v) is 7.88. The van der Waals surface area contributed by atoms with Crippen LogP contribution in [0.2, 0.25) is 5.02 Å². The number of carbonyl (C=O) groups is 1. The monoisotopic (exact) mass is 421 g/mol. The van der Waals surface area contributed by atoms with Gasteiger partial charge >= 0.3 is 0 Å². The first-order valence-corrected chi connectivity index (χ1v) is 10.0. The van der Waals surface area contributed by atoms with Gasteiger partial charge in [0.15, 0.2) is 5.69 Å². The molecule has 1 N–H and O–H groups in total. The predicted molar refractivity (Wildman–Crippen MR) is 117 cm³/mol. The summed E-state index contributed by atoms with van der Waals surface area (Å²) in [4.78, 5) is 27.3. The molecule has 1 aromatic heterocycles. The Morgan fingerprint density at radius 3 is 2.45 bits per heavy atom. The molecule has 4 aromatic rings. The molecule has 0 aliphatic heterocycles. The van der Waals surface area contributed by atoms with E-state index in [-0.39, 0.29) is 11.3 Å². The van der Waals surface area contributed by atoms with Crippen molar-refractivity contribution in [2.24, 2.45) is 7.05 Å². The first-order valence-electron chi connectivity index (χ1n) is 8.83. The van der Waals surface area contributed by atoms with E-state index in [1.54, 1.807) is 36.4 Å². The van der Waals surface area contributed by atoms with E-state index in [4.69, 9.17) is 11.6 Å². The summed E-state index contributed by atoms with van der Waals surface area (Å²) in [7, 11) is 1.53. The van der Waals surface area contributed by atoms with Crippen LogP contribution in [0.1, 0.15) is 10.5 Å². The van der Waals surface area contributed by atoms with Crippen molar-refractivity contribution >= 4 is 45.7 Å². The molecule has 0 saturated carbocycles. The number of halogens is 1. The topological polar surface area (TPSA) is 64.0 Å². The third-order valence-electron chi connectivity index (χ3n) is 4.33. The van der Waals surface area contributed by atoms with Crippen molar-refractivity contribution in [1.82, 2.24) is 9.78 Å². The Morgan fingerprint density at radius 1 is 1.00 bits per heavy atom. The molecule has 1 amide bonds. The minimum absolute atomic E-state index is 0.179. The summed E-state index contributed by atoms with van der Waals surface area (Å²) < 4.78 is 1.18. The summed E-state index contributed by atoms with van der Waals surface area (Å²) in [5.74, 6) is -0.408. The maximum absolute atomic E-state index is 13.1. The van der Waals surface area contributed by atoms with E-state index in [1.807, 2.05) is 36.4 Å². The molecule has 5 nitrogen and oxygen atoms in total. The Bertz CT molecular complexity index is 1270. The number of nitrogens with one attached hydrogen (secondary N) is 1. The van der Waals surface area contributed by atoms with Crippen LogP contribution in [0, 0.1) is 0 Å². The van der Waals surface area contributed by atoms with Crippen molar-refractivity contribution in [2.45, 2.75) is 9.79 Å². The average Bonchev–Trinajstić information content (AvgIpc) is 2.73. The fraction of sp³-hybridized carbons (Fsp3) is 0.0455. The van der Waals surface area contributed by atoms with Gasteiger partial charge in [0.1, 0.15) is 0 Å². The van der Waals surface area contributed by atoms with Crippen LogP contribution in [0.15, 0.2) is 87.4 Å². The van der Waals surface area contributed by atoms with E-state index in [9.17, 15) is 9.59 Å². The minimum atomic E-state index is -0.408. The number of rotatable bonds is 4. The molecule has 3 aromatic carbocycles. The van der Waals surface area contributed by atoms with Gasteiger partial charge in [-0.1, -0.05) is 59.8 Å². The van der Waals surface area contributed by atoms with Crippen LogP contribution >= 0.6 is 23.4 Å².